The summed E-state index contributed by atoms with van der Waals surface area (Å²) in [4.78, 5) is 19.5. The first kappa shape index (κ1) is 13.7. The molecule has 0 aromatic carbocycles. The third-order valence-corrected chi connectivity index (χ3v) is 3.34. The number of aromatic nitrogens is 2. The Morgan fingerprint density at radius 3 is 2.95 bits per heavy atom. The first-order valence-electron chi connectivity index (χ1n) is 6.55. The second-order valence-electron chi connectivity index (χ2n) is 4.74. The van der Waals surface area contributed by atoms with Crippen molar-refractivity contribution in [3.8, 4) is 0 Å². The van der Waals surface area contributed by atoms with Crippen molar-refractivity contribution in [2.24, 2.45) is 0 Å². The molecule has 19 heavy (non-hydrogen) atoms. The van der Waals surface area contributed by atoms with Crippen molar-refractivity contribution in [2.45, 2.75) is 44.2 Å². The number of aliphatic hydroxyl groups excluding tert-OH is 1. The van der Waals surface area contributed by atoms with E-state index in [1.54, 1.807) is 6.20 Å². The predicted molar refractivity (Wildman–Crippen MR) is 69.9 cm³/mol. The molecule has 1 aromatic heterocycles. The molecule has 2 unspecified atom stereocenters. The molecular weight excluding hydrogens is 246 g/mol. The minimum absolute atomic E-state index is 0.0373. The summed E-state index contributed by atoms with van der Waals surface area (Å²) in [6, 6.07) is -0.0373. The maximum absolute atomic E-state index is 11.4. The van der Waals surface area contributed by atoms with Gasteiger partial charge in [0.25, 0.3) is 0 Å². The van der Waals surface area contributed by atoms with Gasteiger partial charge in [0.05, 0.1) is 31.6 Å². The number of rotatable bonds is 3. The molecule has 1 aromatic rings. The zero-order chi connectivity index (χ0) is 13.7. The van der Waals surface area contributed by atoms with Crippen LogP contribution in [0.25, 0.3) is 0 Å². The van der Waals surface area contributed by atoms with E-state index >= 15 is 0 Å². The van der Waals surface area contributed by atoms with E-state index in [0.29, 0.717) is 5.82 Å². The highest BCUT2D eigenvalue weighted by atomic mass is 16.5. The molecule has 0 radical (unpaired) electrons. The molecule has 0 amide bonds. The molecule has 0 saturated heterocycles. The summed E-state index contributed by atoms with van der Waals surface area (Å²) in [7, 11) is 1.30. The molecule has 2 N–H and O–H groups in total. The van der Waals surface area contributed by atoms with Crippen LogP contribution >= 0.6 is 0 Å². The number of aliphatic hydroxyl groups is 1. The molecule has 1 saturated carbocycles. The number of hydrogen-bond acceptors (Lipinski definition) is 6. The molecule has 2 atom stereocenters. The van der Waals surface area contributed by atoms with E-state index < -0.39 is 5.97 Å². The largest absolute Gasteiger partial charge is 0.464 e. The van der Waals surface area contributed by atoms with Crippen LogP contribution in [0.3, 0.4) is 0 Å². The highest BCUT2D eigenvalue weighted by molar-refractivity contribution is 5.87. The average molecular weight is 265 g/mol. The van der Waals surface area contributed by atoms with Crippen molar-refractivity contribution in [1.29, 1.82) is 0 Å². The Balaban J connectivity index is 2.07. The van der Waals surface area contributed by atoms with E-state index in [-0.39, 0.29) is 17.8 Å². The molecule has 6 nitrogen and oxygen atoms in total. The molecule has 0 bridgehead atoms. The monoisotopic (exact) mass is 265 g/mol. The van der Waals surface area contributed by atoms with E-state index in [1.165, 1.54) is 13.3 Å². The lowest BCUT2D eigenvalue weighted by atomic mass is 10.1. The Bertz CT molecular complexity index is 439. The number of ether oxygens (including phenoxy) is 1. The molecule has 0 aliphatic heterocycles. The van der Waals surface area contributed by atoms with Crippen molar-refractivity contribution < 1.29 is 14.6 Å². The van der Waals surface area contributed by atoms with Gasteiger partial charge in [-0.1, -0.05) is 19.3 Å². The number of nitrogens with zero attached hydrogens (tertiary/aromatic N) is 2. The Morgan fingerprint density at radius 2 is 2.16 bits per heavy atom. The smallest absolute Gasteiger partial charge is 0.358 e. The predicted octanol–water partition coefficient (Wildman–Crippen LogP) is 1.37. The van der Waals surface area contributed by atoms with Gasteiger partial charge in [0.15, 0.2) is 5.69 Å². The average Bonchev–Trinajstić information content (AvgIpc) is 2.64. The maximum atomic E-state index is 11.4. The summed E-state index contributed by atoms with van der Waals surface area (Å²) in [5.74, 6) is -0.0218. The highest BCUT2D eigenvalue weighted by Crippen LogP contribution is 2.20. The maximum Gasteiger partial charge on any atom is 0.358 e. The topological polar surface area (TPSA) is 84.3 Å². The minimum Gasteiger partial charge on any atom is -0.464 e. The van der Waals surface area contributed by atoms with E-state index in [2.05, 4.69) is 20.0 Å². The van der Waals surface area contributed by atoms with Crippen LogP contribution in [-0.2, 0) is 4.74 Å². The Hall–Kier alpha value is -1.69. The fourth-order valence-corrected chi connectivity index (χ4v) is 2.28. The molecule has 6 heteroatoms. The lowest BCUT2D eigenvalue weighted by Crippen LogP contribution is -2.33. The quantitative estimate of drug-likeness (QED) is 0.634. The first-order chi connectivity index (χ1) is 9.20. The van der Waals surface area contributed by atoms with Crippen LogP contribution in [0.1, 0.15) is 42.6 Å². The van der Waals surface area contributed by atoms with Gasteiger partial charge in [0.2, 0.25) is 0 Å². The molecule has 1 aliphatic carbocycles. The number of carbonyl (C=O) groups is 1. The van der Waals surface area contributed by atoms with Gasteiger partial charge in [-0.15, -0.1) is 0 Å². The fourth-order valence-electron chi connectivity index (χ4n) is 2.28. The van der Waals surface area contributed by atoms with Gasteiger partial charge in [0.1, 0.15) is 5.82 Å². The van der Waals surface area contributed by atoms with Crippen LogP contribution < -0.4 is 5.32 Å². The number of methoxy groups -OCH3 is 1. The van der Waals surface area contributed by atoms with Crippen molar-refractivity contribution in [1.82, 2.24) is 9.97 Å². The Kier molecular flexibility index (Phi) is 4.68. The third-order valence-electron chi connectivity index (χ3n) is 3.34. The summed E-state index contributed by atoms with van der Waals surface area (Å²) >= 11 is 0. The van der Waals surface area contributed by atoms with E-state index in [4.69, 9.17) is 0 Å². The van der Waals surface area contributed by atoms with Crippen LogP contribution in [0.5, 0.6) is 0 Å². The van der Waals surface area contributed by atoms with Crippen LogP contribution in [-0.4, -0.2) is 40.3 Å². The first-order valence-corrected chi connectivity index (χ1v) is 6.55. The molecule has 2 rings (SSSR count). The van der Waals surface area contributed by atoms with Gasteiger partial charge < -0.3 is 15.2 Å². The zero-order valence-electron chi connectivity index (χ0n) is 11.0. The Morgan fingerprint density at radius 1 is 1.37 bits per heavy atom. The number of anilines is 1. The standard InChI is InChI=1S/C13H19N3O3/c1-19-13(18)10-7-14-8-12(16-10)15-9-5-3-2-4-6-11(9)17/h7-9,11,17H,2-6H2,1H3,(H,15,16). The van der Waals surface area contributed by atoms with E-state index in [9.17, 15) is 9.90 Å². The van der Waals surface area contributed by atoms with Crippen molar-refractivity contribution in [3.05, 3.63) is 18.1 Å². The van der Waals surface area contributed by atoms with Gasteiger partial charge in [-0.3, -0.25) is 4.98 Å². The highest BCUT2D eigenvalue weighted by Gasteiger charge is 2.22. The van der Waals surface area contributed by atoms with Gasteiger partial charge in [-0.25, -0.2) is 9.78 Å². The Labute approximate surface area is 112 Å². The number of hydrogen-bond donors (Lipinski definition) is 2. The molecule has 0 spiro atoms. The lowest BCUT2D eigenvalue weighted by Gasteiger charge is -2.22. The van der Waals surface area contributed by atoms with Gasteiger partial charge >= 0.3 is 5.97 Å². The van der Waals surface area contributed by atoms with Crippen LogP contribution in [0.15, 0.2) is 12.4 Å². The molecule has 1 heterocycles. The minimum atomic E-state index is -0.516. The van der Waals surface area contributed by atoms with Crippen LogP contribution in [0.4, 0.5) is 5.82 Å². The summed E-state index contributed by atoms with van der Waals surface area (Å²) in [6.07, 6.45) is 7.48. The number of esters is 1. The van der Waals surface area contributed by atoms with Crippen molar-refractivity contribution >= 4 is 11.8 Å². The van der Waals surface area contributed by atoms with Crippen LogP contribution in [0, 0.1) is 0 Å². The summed E-state index contributed by atoms with van der Waals surface area (Å²) in [6.45, 7) is 0. The second-order valence-corrected chi connectivity index (χ2v) is 4.74. The molecule has 104 valence electrons. The SMILES string of the molecule is COC(=O)c1cncc(NC2CCCCCC2O)n1. The number of carbonyl (C=O) groups excluding carboxylic acids is 1. The van der Waals surface area contributed by atoms with E-state index in [1.807, 2.05) is 0 Å². The second kappa shape index (κ2) is 6.47. The molecular formula is C13H19N3O3. The number of nitrogens with one attached hydrogen (secondary N) is 1. The molecule has 1 fully saturated rings. The van der Waals surface area contributed by atoms with Gasteiger partial charge in [-0.2, -0.15) is 0 Å². The van der Waals surface area contributed by atoms with E-state index in [0.717, 1.165) is 32.1 Å². The third kappa shape index (κ3) is 3.64. The lowest BCUT2D eigenvalue weighted by molar-refractivity contribution is 0.0593. The zero-order valence-corrected chi connectivity index (χ0v) is 11.0. The summed E-state index contributed by atoms with van der Waals surface area (Å²) < 4.78 is 4.60. The fraction of sp³-hybridized carbons (Fsp3) is 0.615. The van der Waals surface area contributed by atoms with Crippen LogP contribution in [0.2, 0.25) is 0 Å². The molecule has 1 aliphatic rings. The van der Waals surface area contributed by atoms with Crippen molar-refractivity contribution in [3.63, 3.8) is 0 Å². The van der Waals surface area contributed by atoms with Gasteiger partial charge in [-0.05, 0) is 12.8 Å². The summed E-state index contributed by atoms with van der Waals surface area (Å²) in [5.41, 5.74) is 0.163. The van der Waals surface area contributed by atoms with Gasteiger partial charge in [0, 0.05) is 0 Å². The normalized spacial score (nSPS) is 23.5. The summed E-state index contributed by atoms with van der Waals surface area (Å²) in [5, 5.41) is 13.2. The van der Waals surface area contributed by atoms with Crippen molar-refractivity contribution in [2.75, 3.05) is 12.4 Å².